The molecule has 2 rings (SSSR count). The first-order valence-corrected chi connectivity index (χ1v) is 6.63. The lowest BCUT2D eigenvalue weighted by Crippen LogP contribution is -2.21. The van der Waals surface area contributed by atoms with Crippen molar-refractivity contribution in [3.63, 3.8) is 0 Å². The average Bonchev–Trinajstić information content (AvgIpc) is 2.96. The summed E-state index contributed by atoms with van der Waals surface area (Å²) in [6.45, 7) is 0. The van der Waals surface area contributed by atoms with Crippen molar-refractivity contribution in [2.75, 3.05) is 5.75 Å². The summed E-state index contributed by atoms with van der Waals surface area (Å²) in [6, 6.07) is 0. The molecule has 0 saturated heterocycles. The Balaban J connectivity index is 1.91. The lowest BCUT2D eigenvalue weighted by molar-refractivity contribution is -0.143. The van der Waals surface area contributed by atoms with Gasteiger partial charge in [-0.2, -0.15) is 0 Å². The van der Waals surface area contributed by atoms with E-state index < -0.39 is 21.2 Å². The van der Waals surface area contributed by atoms with E-state index in [4.69, 9.17) is 5.11 Å². The van der Waals surface area contributed by atoms with Gasteiger partial charge in [-0.3, -0.25) is 4.79 Å². The summed E-state index contributed by atoms with van der Waals surface area (Å²) in [5.74, 6) is -0.771. The quantitative estimate of drug-likeness (QED) is 0.741. The molecule has 0 radical (unpaired) electrons. The van der Waals surface area contributed by atoms with E-state index in [0.717, 1.165) is 12.8 Å². The van der Waals surface area contributed by atoms with Gasteiger partial charge in [0.25, 0.3) is 0 Å². The molecule has 0 aromatic carbocycles. The van der Waals surface area contributed by atoms with Crippen LogP contribution in [0.5, 0.6) is 0 Å². The Bertz CT molecular complexity index is 349. The van der Waals surface area contributed by atoms with Crippen molar-refractivity contribution in [1.82, 2.24) is 0 Å². The molecular formula is C9H14O4S. The van der Waals surface area contributed by atoms with Crippen molar-refractivity contribution in [3.8, 4) is 0 Å². The van der Waals surface area contributed by atoms with Crippen LogP contribution < -0.4 is 0 Å². The van der Waals surface area contributed by atoms with Crippen LogP contribution in [0.1, 0.15) is 32.1 Å². The maximum atomic E-state index is 11.5. The smallest absolute Gasteiger partial charge is 0.309 e. The van der Waals surface area contributed by atoms with Crippen LogP contribution in [-0.2, 0) is 14.6 Å². The van der Waals surface area contributed by atoms with E-state index in [1.165, 1.54) is 0 Å². The number of hydrogen-bond donors (Lipinski definition) is 1. The van der Waals surface area contributed by atoms with Crippen molar-refractivity contribution in [1.29, 1.82) is 0 Å². The molecule has 0 amide bonds. The van der Waals surface area contributed by atoms with Crippen LogP contribution in [-0.4, -0.2) is 30.5 Å². The molecule has 0 heterocycles. The SMILES string of the molecule is O=C(O)C1(CCS(=O)(=O)C2CC2)CC1. The van der Waals surface area contributed by atoms with Crippen LogP contribution in [0, 0.1) is 5.41 Å². The van der Waals surface area contributed by atoms with Crippen LogP contribution in [0.3, 0.4) is 0 Å². The van der Waals surface area contributed by atoms with Crippen molar-refractivity contribution in [2.45, 2.75) is 37.4 Å². The summed E-state index contributed by atoms with van der Waals surface area (Å²) in [7, 11) is -2.98. The highest BCUT2D eigenvalue weighted by Crippen LogP contribution is 2.49. The minimum atomic E-state index is -2.98. The normalized spacial score (nSPS) is 24.6. The van der Waals surface area contributed by atoms with E-state index in [9.17, 15) is 13.2 Å². The molecule has 14 heavy (non-hydrogen) atoms. The first-order chi connectivity index (χ1) is 6.46. The monoisotopic (exact) mass is 218 g/mol. The number of carboxylic acids is 1. The predicted octanol–water partition coefficient (Wildman–Crippen LogP) is 0.819. The van der Waals surface area contributed by atoms with Gasteiger partial charge in [-0.05, 0) is 32.1 Å². The van der Waals surface area contributed by atoms with Crippen LogP contribution in [0.2, 0.25) is 0 Å². The number of hydrogen-bond acceptors (Lipinski definition) is 3. The molecule has 0 aromatic rings. The Labute approximate surface area is 83.2 Å². The molecule has 0 atom stereocenters. The van der Waals surface area contributed by atoms with Gasteiger partial charge in [0.2, 0.25) is 0 Å². The molecule has 4 nitrogen and oxygen atoms in total. The first kappa shape index (κ1) is 9.96. The van der Waals surface area contributed by atoms with E-state index in [-0.39, 0.29) is 11.0 Å². The molecule has 1 N–H and O–H groups in total. The lowest BCUT2D eigenvalue weighted by Gasteiger charge is -2.08. The highest BCUT2D eigenvalue weighted by atomic mass is 32.2. The van der Waals surface area contributed by atoms with E-state index >= 15 is 0 Å². The summed E-state index contributed by atoms with van der Waals surface area (Å²) < 4.78 is 23.0. The number of carbonyl (C=O) groups is 1. The Hall–Kier alpha value is -0.580. The van der Waals surface area contributed by atoms with Gasteiger partial charge < -0.3 is 5.11 Å². The third-order valence-corrected chi connectivity index (χ3v) is 5.46. The summed E-state index contributed by atoms with van der Waals surface area (Å²) in [4.78, 5) is 10.8. The Morgan fingerprint density at radius 3 is 2.29 bits per heavy atom. The van der Waals surface area contributed by atoms with Crippen molar-refractivity contribution in [3.05, 3.63) is 0 Å². The van der Waals surface area contributed by atoms with Crippen LogP contribution in [0.15, 0.2) is 0 Å². The Morgan fingerprint density at radius 2 is 1.93 bits per heavy atom. The van der Waals surface area contributed by atoms with Crippen molar-refractivity contribution < 1.29 is 18.3 Å². The molecule has 0 bridgehead atoms. The standard InChI is InChI=1S/C9H14O4S/c10-8(11)9(3-4-9)5-6-14(12,13)7-1-2-7/h7H,1-6H2,(H,10,11). The second kappa shape index (κ2) is 2.95. The molecule has 0 aliphatic heterocycles. The zero-order valence-corrected chi connectivity index (χ0v) is 8.72. The summed E-state index contributed by atoms with van der Waals surface area (Å²) in [6.07, 6.45) is 3.12. The van der Waals surface area contributed by atoms with Crippen LogP contribution in [0.25, 0.3) is 0 Å². The van der Waals surface area contributed by atoms with Gasteiger partial charge in [-0.25, -0.2) is 8.42 Å². The predicted molar refractivity (Wildman–Crippen MR) is 50.7 cm³/mol. The molecule has 2 aliphatic rings. The van der Waals surface area contributed by atoms with Gasteiger partial charge in [0.05, 0.1) is 16.4 Å². The minimum absolute atomic E-state index is 0.0595. The molecule has 0 aromatic heterocycles. The zero-order chi connectivity index (χ0) is 10.4. The molecule has 2 saturated carbocycles. The van der Waals surface area contributed by atoms with Crippen LogP contribution in [0.4, 0.5) is 0 Å². The second-order valence-electron chi connectivity index (χ2n) is 4.40. The van der Waals surface area contributed by atoms with E-state index in [1.807, 2.05) is 0 Å². The Kier molecular flexibility index (Phi) is 2.10. The van der Waals surface area contributed by atoms with Gasteiger partial charge in [0.15, 0.2) is 9.84 Å². The number of aliphatic carboxylic acids is 1. The van der Waals surface area contributed by atoms with Gasteiger partial charge in [-0.1, -0.05) is 0 Å². The average molecular weight is 218 g/mol. The molecule has 2 fully saturated rings. The molecule has 0 spiro atoms. The molecule has 0 unspecified atom stereocenters. The van der Waals surface area contributed by atoms with Crippen molar-refractivity contribution in [2.24, 2.45) is 5.41 Å². The third kappa shape index (κ3) is 1.78. The molecule has 5 heteroatoms. The fraction of sp³-hybridized carbons (Fsp3) is 0.889. The summed E-state index contributed by atoms with van der Waals surface area (Å²) in [5.41, 5.74) is -0.693. The molecule has 80 valence electrons. The lowest BCUT2D eigenvalue weighted by atomic mass is 10.1. The number of carboxylic acid groups (broad SMARTS) is 1. The maximum absolute atomic E-state index is 11.5. The number of sulfone groups is 1. The second-order valence-corrected chi connectivity index (χ2v) is 6.80. The van der Waals surface area contributed by atoms with E-state index in [1.54, 1.807) is 0 Å². The number of rotatable bonds is 5. The van der Waals surface area contributed by atoms with E-state index in [2.05, 4.69) is 0 Å². The Morgan fingerprint density at radius 1 is 1.36 bits per heavy atom. The zero-order valence-electron chi connectivity index (χ0n) is 7.90. The maximum Gasteiger partial charge on any atom is 0.309 e. The van der Waals surface area contributed by atoms with Gasteiger partial charge in [0, 0.05) is 0 Å². The highest BCUT2D eigenvalue weighted by Gasteiger charge is 2.51. The third-order valence-electron chi connectivity index (χ3n) is 3.20. The van der Waals surface area contributed by atoms with Gasteiger partial charge in [0.1, 0.15) is 0 Å². The molecule has 2 aliphatic carbocycles. The largest absolute Gasteiger partial charge is 0.481 e. The fourth-order valence-electron chi connectivity index (χ4n) is 1.65. The minimum Gasteiger partial charge on any atom is -0.481 e. The van der Waals surface area contributed by atoms with Crippen molar-refractivity contribution >= 4 is 15.8 Å². The first-order valence-electron chi connectivity index (χ1n) is 4.91. The topological polar surface area (TPSA) is 71.4 Å². The summed E-state index contributed by atoms with van der Waals surface area (Å²) >= 11 is 0. The highest BCUT2D eigenvalue weighted by molar-refractivity contribution is 7.92. The van der Waals surface area contributed by atoms with Gasteiger partial charge in [-0.15, -0.1) is 0 Å². The summed E-state index contributed by atoms with van der Waals surface area (Å²) in [5, 5.41) is 8.70. The van der Waals surface area contributed by atoms with E-state index in [0.29, 0.717) is 19.3 Å². The fourth-order valence-corrected chi connectivity index (χ4v) is 3.52. The van der Waals surface area contributed by atoms with Crippen LogP contribution >= 0.6 is 0 Å². The van der Waals surface area contributed by atoms with Gasteiger partial charge >= 0.3 is 5.97 Å². The molecular weight excluding hydrogens is 204 g/mol.